The summed E-state index contributed by atoms with van der Waals surface area (Å²) in [6.07, 6.45) is 0. The Hall–Kier alpha value is -4.20. The normalized spacial score (nSPS) is 10.9. The van der Waals surface area contributed by atoms with Crippen LogP contribution in [0.15, 0.2) is 65.8 Å². The molecule has 0 saturated heterocycles. The number of nitrogens with zero attached hydrogens (tertiary/aromatic N) is 1. The van der Waals surface area contributed by atoms with E-state index in [4.69, 9.17) is 23.7 Å². The lowest BCUT2D eigenvalue weighted by molar-refractivity contribution is 0.0954. The van der Waals surface area contributed by atoms with E-state index in [0.717, 1.165) is 22.6 Å². The van der Waals surface area contributed by atoms with E-state index in [1.165, 1.54) is 0 Å². The van der Waals surface area contributed by atoms with Gasteiger partial charge in [-0.05, 0) is 67.9 Å². The predicted octanol–water partition coefficient (Wildman–Crippen LogP) is 4.84. The van der Waals surface area contributed by atoms with Gasteiger partial charge in [-0.15, -0.1) is 0 Å². The maximum Gasteiger partial charge on any atom is 0.271 e. The Kier molecular flexibility index (Phi) is 8.95. The Morgan fingerprint density at radius 2 is 1.37 bits per heavy atom. The summed E-state index contributed by atoms with van der Waals surface area (Å²) >= 11 is 0. The topological polar surface area (TPSA) is 87.6 Å². The second-order valence-corrected chi connectivity index (χ2v) is 7.44. The van der Waals surface area contributed by atoms with E-state index in [0.29, 0.717) is 41.7 Å². The standard InChI is InChI=1S/C27H30N2O6/c1-6-34-22-11-13-23(14-12-22)35-17-19-7-9-20(10-8-19)27(30)29-28-18(2)21-15-24(31-3)26(33-5)25(16-21)32-4/h7-16H,6,17H2,1-5H3,(H,29,30). The minimum absolute atomic E-state index is 0.323. The first kappa shape index (κ1) is 25.4. The molecule has 0 aromatic heterocycles. The number of ether oxygens (including phenoxy) is 5. The molecule has 0 aliphatic heterocycles. The molecule has 0 fully saturated rings. The van der Waals surface area contributed by atoms with E-state index >= 15 is 0 Å². The van der Waals surface area contributed by atoms with Crippen molar-refractivity contribution in [1.29, 1.82) is 0 Å². The number of rotatable bonds is 11. The van der Waals surface area contributed by atoms with Crippen molar-refractivity contribution in [2.75, 3.05) is 27.9 Å². The number of carbonyl (C=O) groups excluding carboxylic acids is 1. The van der Waals surface area contributed by atoms with Crippen LogP contribution in [0, 0.1) is 0 Å². The van der Waals surface area contributed by atoms with E-state index in [-0.39, 0.29) is 5.91 Å². The summed E-state index contributed by atoms with van der Waals surface area (Å²) in [4.78, 5) is 12.6. The van der Waals surface area contributed by atoms with Crippen molar-refractivity contribution in [2.45, 2.75) is 20.5 Å². The Morgan fingerprint density at radius 3 is 1.89 bits per heavy atom. The fourth-order valence-corrected chi connectivity index (χ4v) is 3.27. The highest BCUT2D eigenvalue weighted by Gasteiger charge is 2.15. The Bertz CT molecular complexity index is 1130. The summed E-state index contributed by atoms with van der Waals surface area (Å²) < 4.78 is 27.3. The Labute approximate surface area is 205 Å². The lowest BCUT2D eigenvalue weighted by Gasteiger charge is -2.14. The molecule has 3 aromatic carbocycles. The molecule has 0 atom stereocenters. The lowest BCUT2D eigenvalue weighted by atomic mass is 10.1. The van der Waals surface area contributed by atoms with Crippen molar-refractivity contribution < 1.29 is 28.5 Å². The van der Waals surface area contributed by atoms with Gasteiger partial charge in [-0.1, -0.05) is 12.1 Å². The van der Waals surface area contributed by atoms with Gasteiger partial charge in [0.05, 0.1) is 33.6 Å². The largest absolute Gasteiger partial charge is 0.494 e. The maximum absolute atomic E-state index is 12.6. The molecule has 0 bridgehead atoms. The van der Waals surface area contributed by atoms with Gasteiger partial charge in [-0.3, -0.25) is 4.79 Å². The third-order valence-electron chi connectivity index (χ3n) is 5.16. The van der Waals surface area contributed by atoms with E-state index in [2.05, 4.69) is 10.5 Å². The van der Waals surface area contributed by atoms with Gasteiger partial charge in [-0.25, -0.2) is 5.43 Å². The lowest BCUT2D eigenvalue weighted by Crippen LogP contribution is -2.19. The van der Waals surface area contributed by atoms with E-state index < -0.39 is 0 Å². The van der Waals surface area contributed by atoms with Crippen LogP contribution in [0.2, 0.25) is 0 Å². The summed E-state index contributed by atoms with van der Waals surface area (Å²) in [5.74, 6) is 2.72. The number of carbonyl (C=O) groups is 1. The van der Waals surface area contributed by atoms with Crippen LogP contribution in [0.3, 0.4) is 0 Å². The zero-order chi connectivity index (χ0) is 25.2. The first-order valence-corrected chi connectivity index (χ1v) is 11.1. The molecule has 0 aliphatic carbocycles. The van der Waals surface area contributed by atoms with Crippen LogP contribution in [-0.4, -0.2) is 39.6 Å². The number of nitrogens with one attached hydrogen (secondary N) is 1. The second kappa shape index (κ2) is 12.3. The van der Waals surface area contributed by atoms with E-state index in [9.17, 15) is 4.79 Å². The van der Waals surface area contributed by atoms with Gasteiger partial charge in [0.2, 0.25) is 5.75 Å². The molecule has 0 spiro atoms. The average Bonchev–Trinajstić information content (AvgIpc) is 2.90. The molecule has 0 unspecified atom stereocenters. The van der Waals surface area contributed by atoms with Crippen LogP contribution in [0.5, 0.6) is 28.7 Å². The van der Waals surface area contributed by atoms with Crippen molar-refractivity contribution in [3.8, 4) is 28.7 Å². The summed E-state index contributed by atoms with van der Waals surface area (Å²) in [6, 6.07) is 18.2. The maximum atomic E-state index is 12.6. The van der Waals surface area contributed by atoms with Crippen LogP contribution in [0.1, 0.15) is 35.3 Å². The Balaban J connectivity index is 1.61. The van der Waals surface area contributed by atoms with Gasteiger partial charge in [0.1, 0.15) is 18.1 Å². The minimum Gasteiger partial charge on any atom is -0.494 e. The third kappa shape index (κ3) is 6.66. The number of benzene rings is 3. The molecule has 0 saturated carbocycles. The smallest absolute Gasteiger partial charge is 0.271 e. The van der Waals surface area contributed by atoms with Gasteiger partial charge in [0.15, 0.2) is 11.5 Å². The molecule has 8 nitrogen and oxygen atoms in total. The number of amides is 1. The van der Waals surface area contributed by atoms with Gasteiger partial charge >= 0.3 is 0 Å². The van der Waals surface area contributed by atoms with Crippen LogP contribution >= 0.6 is 0 Å². The highest BCUT2D eigenvalue weighted by Crippen LogP contribution is 2.38. The van der Waals surface area contributed by atoms with E-state index in [1.807, 2.05) is 43.3 Å². The molecule has 3 aromatic rings. The molecule has 8 heteroatoms. The van der Waals surface area contributed by atoms with Crippen molar-refractivity contribution in [3.63, 3.8) is 0 Å². The zero-order valence-electron chi connectivity index (χ0n) is 20.6. The van der Waals surface area contributed by atoms with Gasteiger partial charge in [0, 0.05) is 11.1 Å². The quantitative estimate of drug-likeness (QED) is 0.313. The molecule has 184 valence electrons. The van der Waals surface area contributed by atoms with Crippen molar-refractivity contribution in [1.82, 2.24) is 5.43 Å². The van der Waals surface area contributed by atoms with Crippen LogP contribution in [0.4, 0.5) is 0 Å². The molecule has 1 N–H and O–H groups in total. The van der Waals surface area contributed by atoms with Gasteiger partial charge in [-0.2, -0.15) is 5.10 Å². The number of methoxy groups -OCH3 is 3. The van der Waals surface area contributed by atoms with E-state index in [1.54, 1.807) is 52.5 Å². The molecular weight excluding hydrogens is 448 g/mol. The van der Waals surface area contributed by atoms with Crippen LogP contribution < -0.4 is 29.1 Å². The first-order chi connectivity index (χ1) is 17.0. The zero-order valence-corrected chi connectivity index (χ0v) is 20.6. The predicted molar refractivity (Wildman–Crippen MR) is 134 cm³/mol. The molecule has 35 heavy (non-hydrogen) atoms. The monoisotopic (exact) mass is 478 g/mol. The van der Waals surface area contributed by atoms with Gasteiger partial charge < -0.3 is 23.7 Å². The Morgan fingerprint density at radius 1 is 0.800 bits per heavy atom. The second-order valence-electron chi connectivity index (χ2n) is 7.44. The summed E-state index contributed by atoms with van der Waals surface area (Å²) in [5.41, 5.74) is 5.31. The summed E-state index contributed by atoms with van der Waals surface area (Å²) in [7, 11) is 4.63. The van der Waals surface area contributed by atoms with Gasteiger partial charge in [0.25, 0.3) is 5.91 Å². The molecule has 3 rings (SSSR count). The molecule has 0 radical (unpaired) electrons. The molecule has 1 amide bonds. The highest BCUT2D eigenvalue weighted by molar-refractivity contribution is 6.01. The number of hydrogen-bond donors (Lipinski definition) is 1. The summed E-state index contributed by atoms with van der Waals surface area (Å²) in [5, 5.41) is 4.23. The average molecular weight is 479 g/mol. The van der Waals surface area contributed by atoms with Crippen molar-refractivity contribution >= 4 is 11.6 Å². The fourth-order valence-electron chi connectivity index (χ4n) is 3.27. The fraction of sp³-hybridized carbons (Fsp3) is 0.259. The number of hydrogen-bond acceptors (Lipinski definition) is 7. The molecular formula is C27H30N2O6. The minimum atomic E-state index is -0.323. The summed E-state index contributed by atoms with van der Waals surface area (Å²) in [6.45, 7) is 4.73. The van der Waals surface area contributed by atoms with Crippen LogP contribution in [-0.2, 0) is 6.61 Å². The third-order valence-corrected chi connectivity index (χ3v) is 5.16. The number of hydrazone groups is 1. The highest BCUT2D eigenvalue weighted by atomic mass is 16.5. The van der Waals surface area contributed by atoms with Crippen LogP contribution in [0.25, 0.3) is 0 Å². The van der Waals surface area contributed by atoms with Crippen molar-refractivity contribution in [2.24, 2.45) is 5.10 Å². The molecule has 0 aliphatic rings. The first-order valence-electron chi connectivity index (χ1n) is 11.1. The molecule has 0 heterocycles. The SMILES string of the molecule is CCOc1ccc(OCc2ccc(C(=O)NN=C(C)c3cc(OC)c(OC)c(OC)c3)cc2)cc1. The van der Waals surface area contributed by atoms with Crippen molar-refractivity contribution in [3.05, 3.63) is 77.4 Å².